The topological polar surface area (TPSA) is 41.1 Å². The molecule has 1 aliphatic carbocycles. The molecule has 2 unspecified atom stereocenters. The summed E-state index contributed by atoms with van der Waals surface area (Å²) in [6, 6.07) is 6.24. The van der Waals surface area contributed by atoms with Gasteiger partial charge in [0.15, 0.2) is 0 Å². The van der Waals surface area contributed by atoms with Gasteiger partial charge in [-0.2, -0.15) is 0 Å². The van der Waals surface area contributed by atoms with Crippen molar-refractivity contribution in [2.24, 2.45) is 5.92 Å². The molecule has 2 atom stereocenters. The van der Waals surface area contributed by atoms with Gasteiger partial charge < -0.3 is 10.6 Å². The number of nitrogens with one attached hydrogen (secondary N) is 2. The number of aryl methyl sites for hydroxylation is 1. The van der Waals surface area contributed by atoms with Gasteiger partial charge in [0.1, 0.15) is 0 Å². The van der Waals surface area contributed by atoms with Crippen molar-refractivity contribution in [3.8, 4) is 0 Å². The van der Waals surface area contributed by atoms with Crippen molar-refractivity contribution in [3.05, 3.63) is 29.3 Å². The zero-order valence-electron chi connectivity index (χ0n) is 12.1. The summed E-state index contributed by atoms with van der Waals surface area (Å²) in [6.45, 7) is 4.30. The van der Waals surface area contributed by atoms with Crippen molar-refractivity contribution < 1.29 is 4.79 Å². The Kier molecular flexibility index (Phi) is 4.46. The Hall–Kier alpha value is -1.51. The maximum atomic E-state index is 12.4. The predicted octanol–water partition coefficient (Wildman–Crippen LogP) is 3.35. The highest BCUT2D eigenvalue weighted by Gasteiger charge is 2.21. The van der Waals surface area contributed by atoms with E-state index in [0.717, 1.165) is 35.6 Å². The molecule has 2 rings (SSSR count). The molecular weight excluding hydrogens is 236 g/mol. The van der Waals surface area contributed by atoms with Crippen LogP contribution in [0.2, 0.25) is 0 Å². The van der Waals surface area contributed by atoms with E-state index in [4.69, 9.17) is 0 Å². The SMILES string of the molecule is CNc1cc(C)ccc1C(=O)NC1CCCC(C)C1. The molecule has 0 spiro atoms. The first kappa shape index (κ1) is 13.9. The normalized spacial score (nSPS) is 22.9. The molecule has 1 fully saturated rings. The minimum absolute atomic E-state index is 0.0449. The molecule has 0 bridgehead atoms. The van der Waals surface area contributed by atoms with Crippen LogP contribution in [0.5, 0.6) is 0 Å². The summed E-state index contributed by atoms with van der Waals surface area (Å²) in [5.41, 5.74) is 2.81. The fourth-order valence-corrected chi connectivity index (χ4v) is 2.89. The molecule has 3 nitrogen and oxygen atoms in total. The van der Waals surface area contributed by atoms with E-state index in [1.807, 2.05) is 32.2 Å². The van der Waals surface area contributed by atoms with Crippen LogP contribution >= 0.6 is 0 Å². The van der Waals surface area contributed by atoms with E-state index in [9.17, 15) is 4.79 Å². The van der Waals surface area contributed by atoms with Gasteiger partial charge in [-0.25, -0.2) is 0 Å². The number of carbonyl (C=O) groups excluding carboxylic acids is 1. The van der Waals surface area contributed by atoms with E-state index in [1.165, 1.54) is 12.8 Å². The van der Waals surface area contributed by atoms with E-state index in [-0.39, 0.29) is 5.91 Å². The Morgan fingerprint density at radius 3 is 2.79 bits per heavy atom. The fraction of sp³-hybridized carbons (Fsp3) is 0.562. The van der Waals surface area contributed by atoms with Crippen LogP contribution in [-0.2, 0) is 0 Å². The van der Waals surface area contributed by atoms with Crippen LogP contribution in [0.4, 0.5) is 5.69 Å². The van der Waals surface area contributed by atoms with Gasteiger partial charge in [0.25, 0.3) is 5.91 Å². The molecule has 2 N–H and O–H groups in total. The van der Waals surface area contributed by atoms with Crippen LogP contribution in [0.25, 0.3) is 0 Å². The molecule has 3 heteroatoms. The van der Waals surface area contributed by atoms with Gasteiger partial charge in [0, 0.05) is 18.8 Å². The fourth-order valence-electron chi connectivity index (χ4n) is 2.89. The van der Waals surface area contributed by atoms with Crippen LogP contribution in [0.3, 0.4) is 0 Å². The number of amides is 1. The lowest BCUT2D eigenvalue weighted by Gasteiger charge is -2.27. The Morgan fingerprint density at radius 1 is 1.32 bits per heavy atom. The second-order valence-electron chi connectivity index (χ2n) is 5.74. The highest BCUT2D eigenvalue weighted by atomic mass is 16.1. The second kappa shape index (κ2) is 6.09. The average molecular weight is 260 g/mol. The summed E-state index contributed by atoms with van der Waals surface area (Å²) in [7, 11) is 1.86. The molecule has 1 saturated carbocycles. The molecule has 104 valence electrons. The molecule has 0 heterocycles. The monoisotopic (exact) mass is 260 g/mol. The van der Waals surface area contributed by atoms with Crippen molar-refractivity contribution in [2.75, 3.05) is 12.4 Å². The maximum Gasteiger partial charge on any atom is 0.253 e. The van der Waals surface area contributed by atoms with Gasteiger partial charge in [0.05, 0.1) is 5.56 Å². The minimum Gasteiger partial charge on any atom is -0.387 e. The van der Waals surface area contributed by atoms with Gasteiger partial charge in [-0.05, 0) is 43.4 Å². The lowest BCUT2D eigenvalue weighted by Crippen LogP contribution is -2.38. The largest absolute Gasteiger partial charge is 0.387 e. The molecule has 1 aromatic carbocycles. The first-order valence-corrected chi connectivity index (χ1v) is 7.19. The molecule has 0 aromatic heterocycles. The Bertz CT molecular complexity index is 456. The maximum absolute atomic E-state index is 12.4. The van der Waals surface area contributed by atoms with Gasteiger partial charge >= 0.3 is 0 Å². The first-order valence-electron chi connectivity index (χ1n) is 7.19. The highest BCUT2D eigenvalue weighted by Crippen LogP contribution is 2.24. The summed E-state index contributed by atoms with van der Waals surface area (Å²) in [4.78, 5) is 12.4. The molecular formula is C16H24N2O. The van der Waals surface area contributed by atoms with Gasteiger partial charge in [-0.3, -0.25) is 4.79 Å². The van der Waals surface area contributed by atoms with E-state index in [2.05, 4.69) is 17.6 Å². The zero-order valence-corrected chi connectivity index (χ0v) is 12.1. The van der Waals surface area contributed by atoms with E-state index in [1.54, 1.807) is 0 Å². The molecule has 1 aromatic rings. The Morgan fingerprint density at radius 2 is 2.11 bits per heavy atom. The van der Waals surface area contributed by atoms with Gasteiger partial charge in [-0.15, -0.1) is 0 Å². The molecule has 1 aliphatic rings. The van der Waals surface area contributed by atoms with Gasteiger partial charge in [-0.1, -0.05) is 25.8 Å². The van der Waals surface area contributed by atoms with Crippen LogP contribution < -0.4 is 10.6 Å². The summed E-state index contributed by atoms with van der Waals surface area (Å²) in [5.74, 6) is 0.768. The number of anilines is 1. The van der Waals surface area contributed by atoms with Gasteiger partial charge in [0.2, 0.25) is 0 Å². The third kappa shape index (κ3) is 3.49. The molecule has 19 heavy (non-hydrogen) atoms. The molecule has 0 radical (unpaired) electrons. The third-order valence-electron chi connectivity index (χ3n) is 3.96. The van der Waals surface area contributed by atoms with Crippen LogP contribution in [0, 0.1) is 12.8 Å². The lowest BCUT2D eigenvalue weighted by molar-refractivity contribution is 0.0922. The summed E-state index contributed by atoms with van der Waals surface area (Å²) < 4.78 is 0. The zero-order chi connectivity index (χ0) is 13.8. The van der Waals surface area contributed by atoms with Crippen molar-refractivity contribution in [1.82, 2.24) is 5.32 Å². The Labute approximate surface area is 115 Å². The van der Waals surface area contributed by atoms with Crippen LogP contribution in [-0.4, -0.2) is 19.0 Å². The number of carbonyl (C=O) groups is 1. The molecule has 1 amide bonds. The van der Waals surface area contributed by atoms with Crippen molar-refractivity contribution >= 4 is 11.6 Å². The van der Waals surface area contributed by atoms with Crippen molar-refractivity contribution in [1.29, 1.82) is 0 Å². The van der Waals surface area contributed by atoms with E-state index in [0.29, 0.717) is 6.04 Å². The smallest absolute Gasteiger partial charge is 0.253 e. The summed E-state index contributed by atoms with van der Waals surface area (Å²) in [5, 5.41) is 6.28. The lowest BCUT2D eigenvalue weighted by atomic mass is 9.87. The van der Waals surface area contributed by atoms with Crippen molar-refractivity contribution in [3.63, 3.8) is 0 Å². The van der Waals surface area contributed by atoms with Crippen LogP contribution in [0.1, 0.15) is 48.5 Å². The summed E-state index contributed by atoms with van der Waals surface area (Å²) in [6.07, 6.45) is 4.72. The van der Waals surface area contributed by atoms with Crippen LogP contribution in [0.15, 0.2) is 18.2 Å². The average Bonchev–Trinajstić information content (AvgIpc) is 2.38. The summed E-state index contributed by atoms with van der Waals surface area (Å²) >= 11 is 0. The number of rotatable bonds is 3. The quantitative estimate of drug-likeness (QED) is 0.875. The van der Waals surface area contributed by atoms with E-state index < -0.39 is 0 Å². The van der Waals surface area contributed by atoms with E-state index >= 15 is 0 Å². The molecule has 0 saturated heterocycles. The minimum atomic E-state index is 0.0449. The Balaban J connectivity index is 2.07. The van der Waals surface area contributed by atoms with Crippen molar-refractivity contribution in [2.45, 2.75) is 45.6 Å². The standard InChI is InChI=1S/C16H24N2O/c1-11-5-4-6-13(9-11)18-16(19)14-8-7-12(2)10-15(14)17-3/h7-8,10-11,13,17H,4-6,9H2,1-3H3,(H,18,19). The highest BCUT2D eigenvalue weighted by molar-refractivity contribution is 5.99. The number of hydrogen-bond donors (Lipinski definition) is 2. The number of hydrogen-bond acceptors (Lipinski definition) is 2. The molecule has 0 aliphatic heterocycles. The second-order valence-corrected chi connectivity index (χ2v) is 5.74. The predicted molar refractivity (Wildman–Crippen MR) is 79.6 cm³/mol. The first-order chi connectivity index (χ1) is 9.10. The number of benzene rings is 1. The third-order valence-corrected chi connectivity index (χ3v) is 3.96.